The third-order valence-corrected chi connectivity index (χ3v) is 11.3. The molecular weight excluding hydrogens is 616 g/mol. The highest BCUT2D eigenvalue weighted by atomic mass is 32.2. The van der Waals surface area contributed by atoms with Crippen molar-refractivity contribution in [1.29, 1.82) is 0 Å². The van der Waals surface area contributed by atoms with E-state index in [-0.39, 0.29) is 29.0 Å². The highest BCUT2D eigenvalue weighted by molar-refractivity contribution is 7.89. The third-order valence-electron chi connectivity index (χ3n) is 9.81. The molecule has 5 rings (SSSR count). The molecule has 11 nitrogen and oxygen atoms in total. The number of piperazine rings is 1. The van der Waals surface area contributed by atoms with Gasteiger partial charge < -0.3 is 19.5 Å². The summed E-state index contributed by atoms with van der Waals surface area (Å²) in [5.41, 5.74) is 3.76. The van der Waals surface area contributed by atoms with E-state index in [2.05, 4.69) is 46.7 Å². The fourth-order valence-corrected chi connectivity index (χ4v) is 8.28. The molecule has 12 heteroatoms. The minimum Gasteiger partial charge on any atom is -0.497 e. The van der Waals surface area contributed by atoms with Gasteiger partial charge in [0.05, 0.1) is 36.2 Å². The molecule has 2 atom stereocenters. The van der Waals surface area contributed by atoms with E-state index in [1.54, 1.807) is 0 Å². The van der Waals surface area contributed by atoms with Gasteiger partial charge in [0.15, 0.2) is 0 Å². The number of allylic oxidation sites excluding steroid dienone is 1. The van der Waals surface area contributed by atoms with E-state index >= 15 is 0 Å². The molecule has 2 aromatic rings. The van der Waals surface area contributed by atoms with Gasteiger partial charge in [-0.05, 0) is 62.4 Å². The Labute approximate surface area is 280 Å². The van der Waals surface area contributed by atoms with Crippen molar-refractivity contribution in [2.45, 2.75) is 72.0 Å². The number of benzene rings is 1. The fraction of sp³-hybridized carbons (Fsp3) is 0.600. The first kappa shape index (κ1) is 35.0. The number of nitrogens with zero attached hydrogens (tertiary/aromatic N) is 4. The summed E-state index contributed by atoms with van der Waals surface area (Å²) in [5.74, 6) is 0.379. The molecule has 2 saturated heterocycles. The summed E-state index contributed by atoms with van der Waals surface area (Å²) in [5, 5.41) is 4.14. The number of aromatic nitrogens is 1. The Morgan fingerprint density at radius 2 is 1.79 bits per heavy atom. The molecule has 1 aromatic heterocycles. The van der Waals surface area contributed by atoms with Gasteiger partial charge in [-0.15, -0.1) is 0 Å². The van der Waals surface area contributed by atoms with Crippen molar-refractivity contribution in [3.05, 3.63) is 58.6 Å². The van der Waals surface area contributed by atoms with Crippen LogP contribution in [-0.2, 0) is 33.1 Å². The quantitative estimate of drug-likeness (QED) is 0.398. The fourth-order valence-electron chi connectivity index (χ4n) is 7.14. The Bertz CT molecular complexity index is 1660. The normalized spacial score (nSPS) is 21.7. The molecule has 2 aliphatic heterocycles. The van der Waals surface area contributed by atoms with Gasteiger partial charge in [0.25, 0.3) is 5.91 Å². The molecule has 2 amide bonds. The number of likely N-dealkylation sites (tertiary alicyclic amines) is 1. The molecule has 0 spiro atoms. The van der Waals surface area contributed by atoms with Crippen LogP contribution in [0.25, 0.3) is 10.9 Å². The maximum absolute atomic E-state index is 13.9. The second kappa shape index (κ2) is 14.0. The zero-order valence-electron chi connectivity index (χ0n) is 29.1. The van der Waals surface area contributed by atoms with E-state index in [9.17, 15) is 18.0 Å². The van der Waals surface area contributed by atoms with E-state index in [1.165, 1.54) is 7.11 Å². The van der Waals surface area contributed by atoms with Crippen LogP contribution in [0.3, 0.4) is 0 Å². The third kappa shape index (κ3) is 7.70. The van der Waals surface area contributed by atoms with E-state index in [1.807, 2.05) is 54.8 Å². The molecule has 1 aliphatic carbocycles. The molecule has 0 saturated carbocycles. The SMILES string of the molecule is CCCS(=O)(=O)NC1=C(OC)C(NC(=O)c2cc3cccc(CN4CCN(C(=O)[C@@H]5CCCN5C)CC4)c3n2C)CC(C(C)(C)C)=C1. The second-order valence-corrected chi connectivity index (χ2v) is 16.1. The van der Waals surface area contributed by atoms with Gasteiger partial charge in [0, 0.05) is 45.2 Å². The molecule has 0 bridgehead atoms. The standard InChI is InChI=1S/C35H52N6O5S/c1-8-19-47(44,45)37-28-22-26(35(2,3)4)21-27(32(28)46-7)36-33(42)30-20-24-11-9-12-25(31(24)39(30)6)23-40-15-17-41(18-16-40)34(43)29-13-10-14-38(29)5/h9,11-12,20,22,27,29,37H,8,10,13-19,21,23H2,1-7H3,(H,36,42)/t27?,29-/m0/s1. The van der Waals surface area contributed by atoms with E-state index in [0.717, 1.165) is 74.1 Å². The Morgan fingerprint density at radius 3 is 2.40 bits per heavy atom. The van der Waals surface area contributed by atoms with E-state index in [4.69, 9.17) is 4.74 Å². The molecule has 3 heterocycles. The van der Waals surface area contributed by atoms with E-state index in [0.29, 0.717) is 30.0 Å². The molecule has 3 aliphatic rings. The number of fused-ring (bicyclic) bond motifs is 1. The Kier molecular flexibility index (Phi) is 10.4. The molecule has 2 fully saturated rings. The molecular formula is C35H52N6O5S. The number of amides is 2. The lowest BCUT2D eigenvalue weighted by atomic mass is 9.79. The number of sulfonamides is 1. The summed E-state index contributed by atoms with van der Waals surface area (Å²) in [6.45, 7) is 12.8. The largest absolute Gasteiger partial charge is 0.497 e. The van der Waals surface area contributed by atoms with Crippen LogP contribution in [0.1, 0.15) is 69.4 Å². The number of methoxy groups -OCH3 is 1. The van der Waals surface area contributed by atoms with Gasteiger partial charge in [0.1, 0.15) is 11.5 Å². The van der Waals surface area contributed by atoms with Crippen molar-refractivity contribution in [1.82, 2.24) is 29.3 Å². The zero-order valence-corrected chi connectivity index (χ0v) is 29.9. The van der Waals surface area contributed by atoms with Gasteiger partial charge >= 0.3 is 0 Å². The number of nitrogens with one attached hydrogen (secondary N) is 2. The summed E-state index contributed by atoms with van der Waals surface area (Å²) in [4.78, 5) is 33.6. The topological polar surface area (TPSA) is 116 Å². The van der Waals surface area contributed by atoms with Gasteiger partial charge in [-0.1, -0.05) is 51.5 Å². The monoisotopic (exact) mass is 668 g/mol. The van der Waals surface area contributed by atoms with Crippen LogP contribution in [0.15, 0.2) is 47.4 Å². The predicted octanol–water partition coefficient (Wildman–Crippen LogP) is 3.58. The summed E-state index contributed by atoms with van der Waals surface area (Å²) in [7, 11) is 1.88. The number of rotatable bonds is 10. The van der Waals surface area contributed by atoms with Crippen LogP contribution in [0.2, 0.25) is 0 Å². The number of ether oxygens (including phenoxy) is 1. The van der Waals surface area contributed by atoms with Crippen LogP contribution >= 0.6 is 0 Å². The average molecular weight is 669 g/mol. The number of hydrogen-bond donors (Lipinski definition) is 2. The lowest BCUT2D eigenvalue weighted by Crippen LogP contribution is -2.52. The molecule has 1 unspecified atom stereocenters. The highest BCUT2D eigenvalue weighted by Gasteiger charge is 2.34. The van der Waals surface area contributed by atoms with Crippen molar-refractivity contribution in [2.75, 3.05) is 52.6 Å². The summed E-state index contributed by atoms with van der Waals surface area (Å²) < 4.78 is 35.9. The first-order valence-electron chi connectivity index (χ1n) is 16.8. The maximum Gasteiger partial charge on any atom is 0.268 e. The minimum atomic E-state index is -3.58. The Hall–Kier alpha value is -3.35. The van der Waals surface area contributed by atoms with Crippen molar-refractivity contribution in [3.8, 4) is 0 Å². The number of carbonyl (C=O) groups excluding carboxylic acids is 2. The lowest BCUT2D eigenvalue weighted by molar-refractivity contribution is -0.137. The molecule has 2 N–H and O–H groups in total. The van der Waals surface area contributed by atoms with Gasteiger partial charge in [-0.25, -0.2) is 8.42 Å². The number of para-hydroxylation sites is 1. The summed E-state index contributed by atoms with van der Waals surface area (Å²) in [6, 6.07) is 7.53. The van der Waals surface area contributed by atoms with Crippen molar-refractivity contribution >= 4 is 32.7 Å². The maximum atomic E-state index is 13.9. The van der Waals surface area contributed by atoms with Crippen LogP contribution < -0.4 is 10.0 Å². The zero-order chi connectivity index (χ0) is 34.1. The molecule has 47 heavy (non-hydrogen) atoms. The first-order chi connectivity index (χ1) is 22.2. The van der Waals surface area contributed by atoms with Crippen molar-refractivity contribution in [3.63, 3.8) is 0 Å². The molecule has 1 aromatic carbocycles. The smallest absolute Gasteiger partial charge is 0.268 e. The number of carbonyl (C=O) groups is 2. The number of aryl methyl sites for hydroxylation is 1. The van der Waals surface area contributed by atoms with Gasteiger partial charge in [0.2, 0.25) is 15.9 Å². The number of hydrogen-bond acceptors (Lipinski definition) is 7. The Morgan fingerprint density at radius 1 is 1.06 bits per heavy atom. The van der Waals surface area contributed by atoms with Crippen molar-refractivity contribution < 1.29 is 22.7 Å². The average Bonchev–Trinajstić information content (AvgIpc) is 3.59. The van der Waals surface area contributed by atoms with Gasteiger partial charge in [-0.3, -0.25) is 24.1 Å². The molecule has 258 valence electrons. The van der Waals surface area contributed by atoms with Crippen LogP contribution in [0.4, 0.5) is 0 Å². The lowest BCUT2D eigenvalue weighted by Gasteiger charge is -2.37. The predicted molar refractivity (Wildman–Crippen MR) is 185 cm³/mol. The second-order valence-electron chi connectivity index (χ2n) is 14.2. The summed E-state index contributed by atoms with van der Waals surface area (Å²) in [6.07, 6.45) is 4.85. The van der Waals surface area contributed by atoms with Crippen LogP contribution in [0, 0.1) is 5.41 Å². The van der Waals surface area contributed by atoms with Crippen LogP contribution in [-0.4, -0.2) is 104 Å². The van der Waals surface area contributed by atoms with Gasteiger partial charge in [-0.2, -0.15) is 0 Å². The summed E-state index contributed by atoms with van der Waals surface area (Å²) >= 11 is 0. The molecule has 0 radical (unpaired) electrons. The Balaban J connectivity index is 1.33. The minimum absolute atomic E-state index is 0.00659. The van der Waals surface area contributed by atoms with E-state index < -0.39 is 16.1 Å². The number of likely N-dealkylation sites (N-methyl/N-ethyl adjacent to an activating group) is 1. The van der Waals surface area contributed by atoms with Crippen LogP contribution in [0.5, 0.6) is 0 Å². The first-order valence-corrected chi connectivity index (χ1v) is 18.5. The highest BCUT2D eigenvalue weighted by Crippen LogP contribution is 2.36. The van der Waals surface area contributed by atoms with Crippen molar-refractivity contribution in [2.24, 2.45) is 12.5 Å².